The Bertz CT molecular complexity index is 994. The summed E-state index contributed by atoms with van der Waals surface area (Å²) in [6.45, 7) is -0.273. The molecule has 0 aromatic heterocycles. The number of anilines is 1. The van der Waals surface area contributed by atoms with Crippen molar-refractivity contribution >= 4 is 15.7 Å². The van der Waals surface area contributed by atoms with Gasteiger partial charge in [-0.2, -0.15) is 13.2 Å². The van der Waals surface area contributed by atoms with Crippen molar-refractivity contribution in [2.24, 2.45) is 0 Å². The van der Waals surface area contributed by atoms with Gasteiger partial charge in [0.1, 0.15) is 5.82 Å². The molecule has 0 bridgehead atoms. The molecule has 3 rings (SSSR count). The first-order chi connectivity index (χ1) is 13.0. The van der Waals surface area contributed by atoms with Crippen LogP contribution in [0.15, 0.2) is 47.4 Å². The van der Waals surface area contributed by atoms with E-state index in [1.807, 2.05) is 0 Å². The molecular formula is C18H17F5N2O2S. The molecule has 0 saturated carbocycles. The van der Waals surface area contributed by atoms with Crippen molar-refractivity contribution < 1.29 is 30.4 Å². The predicted octanol–water partition coefficient (Wildman–Crippen LogP) is 3.83. The molecular weight excluding hydrogens is 403 g/mol. The summed E-state index contributed by atoms with van der Waals surface area (Å²) in [6.07, 6.45) is -4.71. The summed E-state index contributed by atoms with van der Waals surface area (Å²) in [7, 11) is -2.65. The lowest BCUT2D eigenvalue weighted by atomic mass is 9.93. The highest BCUT2D eigenvalue weighted by atomic mass is 32.2. The van der Waals surface area contributed by atoms with Gasteiger partial charge in [-0.3, -0.25) is 0 Å². The predicted molar refractivity (Wildman–Crippen MR) is 93.7 cm³/mol. The Kier molecular flexibility index (Phi) is 5.13. The van der Waals surface area contributed by atoms with E-state index in [-0.39, 0.29) is 35.7 Å². The Labute approximate surface area is 159 Å². The van der Waals surface area contributed by atoms with Crippen LogP contribution in [0, 0.1) is 5.82 Å². The molecule has 0 amide bonds. The highest BCUT2D eigenvalue weighted by Gasteiger charge is 2.42. The molecule has 4 nitrogen and oxygen atoms in total. The summed E-state index contributed by atoms with van der Waals surface area (Å²) in [5.74, 6) is -0.857. The minimum Gasteiger partial charge on any atom is -0.365 e. The fraction of sp³-hybridized carbons (Fsp3) is 0.333. The normalized spacial score (nSPS) is 20.6. The second-order valence-electron chi connectivity index (χ2n) is 6.54. The number of halogens is 5. The first kappa shape index (κ1) is 20.5. The summed E-state index contributed by atoms with van der Waals surface area (Å²) in [5.41, 5.74) is -3.17. The monoisotopic (exact) mass is 420 g/mol. The molecule has 2 aromatic rings. The fourth-order valence-electron chi connectivity index (χ4n) is 3.22. The lowest BCUT2D eigenvalue weighted by Crippen LogP contribution is -2.28. The first-order valence-corrected chi connectivity index (χ1v) is 9.79. The van der Waals surface area contributed by atoms with Crippen LogP contribution in [0.3, 0.4) is 0 Å². The van der Waals surface area contributed by atoms with E-state index in [2.05, 4.69) is 4.72 Å². The Morgan fingerprint density at radius 2 is 1.86 bits per heavy atom. The van der Waals surface area contributed by atoms with Gasteiger partial charge in [-0.05, 0) is 42.9 Å². The van der Waals surface area contributed by atoms with E-state index in [1.165, 1.54) is 30.1 Å². The van der Waals surface area contributed by atoms with E-state index in [0.717, 1.165) is 24.3 Å². The molecule has 1 heterocycles. The summed E-state index contributed by atoms with van der Waals surface area (Å²) in [4.78, 5) is 1.07. The second kappa shape index (κ2) is 7.00. The smallest absolute Gasteiger partial charge is 0.365 e. The maximum Gasteiger partial charge on any atom is 0.416 e. The third kappa shape index (κ3) is 3.83. The van der Waals surface area contributed by atoms with Gasteiger partial charge in [0.05, 0.1) is 22.7 Å². The number of sulfonamides is 1. The van der Waals surface area contributed by atoms with Gasteiger partial charge in [0.2, 0.25) is 10.0 Å². The van der Waals surface area contributed by atoms with Gasteiger partial charge < -0.3 is 4.90 Å². The molecule has 1 saturated heterocycles. The summed E-state index contributed by atoms with van der Waals surface area (Å²) in [6, 6.07) is 7.27. The van der Waals surface area contributed by atoms with Crippen LogP contribution in [-0.2, 0) is 21.9 Å². The second-order valence-corrected chi connectivity index (χ2v) is 8.42. The zero-order valence-electron chi connectivity index (χ0n) is 14.7. The Morgan fingerprint density at radius 3 is 2.46 bits per heavy atom. The lowest BCUT2D eigenvalue weighted by molar-refractivity contribution is -0.137. The van der Waals surface area contributed by atoms with Crippen molar-refractivity contribution in [1.29, 1.82) is 0 Å². The Morgan fingerprint density at radius 1 is 1.14 bits per heavy atom. The van der Waals surface area contributed by atoms with E-state index in [9.17, 15) is 26.0 Å². The van der Waals surface area contributed by atoms with Crippen molar-refractivity contribution in [1.82, 2.24) is 4.72 Å². The van der Waals surface area contributed by atoms with E-state index >= 15 is 4.39 Å². The molecule has 0 radical (unpaired) electrons. The minimum absolute atomic E-state index is 0.0124. The van der Waals surface area contributed by atoms with Crippen LogP contribution in [0.25, 0.3) is 0 Å². The molecule has 0 spiro atoms. The topological polar surface area (TPSA) is 49.4 Å². The number of benzene rings is 2. The molecule has 2 aromatic carbocycles. The zero-order chi connectivity index (χ0) is 20.7. The van der Waals surface area contributed by atoms with Crippen molar-refractivity contribution in [3.8, 4) is 0 Å². The van der Waals surface area contributed by atoms with Crippen molar-refractivity contribution in [3.63, 3.8) is 0 Å². The highest BCUT2D eigenvalue weighted by molar-refractivity contribution is 7.89. The summed E-state index contributed by atoms with van der Waals surface area (Å²) in [5, 5.41) is 0. The minimum atomic E-state index is -4.59. The average Bonchev–Trinajstić information content (AvgIpc) is 3.04. The third-order valence-corrected chi connectivity index (χ3v) is 6.18. The van der Waals surface area contributed by atoms with Crippen LogP contribution in [0.1, 0.15) is 17.5 Å². The number of rotatable bonds is 4. The van der Waals surface area contributed by atoms with Crippen LogP contribution in [-0.4, -0.2) is 28.6 Å². The highest BCUT2D eigenvalue weighted by Crippen LogP contribution is 2.41. The molecule has 1 fully saturated rings. The van der Waals surface area contributed by atoms with Crippen LogP contribution < -0.4 is 9.62 Å². The molecule has 1 aliphatic rings. The van der Waals surface area contributed by atoms with Crippen LogP contribution in [0.4, 0.5) is 27.6 Å². The summed E-state index contributed by atoms with van der Waals surface area (Å²) < 4.78 is 94.1. The maximum atomic E-state index is 15.4. The SMILES string of the molecule is CNS(=O)(=O)c1ccc(N2CCC(F)(c3cccc(C(F)(F)F)c3)C2)c(F)c1. The maximum absolute atomic E-state index is 15.4. The zero-order valence-corrected chi connectivity index (χ0v) is 15.5. The standard InChI is InChI=1S/C18H17F5N2O2S/c1-24-28(26,27)14-5-6-16(15(19)10-14)25-8-7-17(20,11-25)12-3-2-4-13(9-12)18(21,22)23/h2-6,9-10,24H,7-8,11H2,1H3. The Hall–Kier alpha value is -2.20. The van der Waals surface area contributed by atoms with E-state index < -0.39 is 33.2 Å². The van der Waals surface area contributed by atoms with Gasteiger partial charge in [0.25, 0.3) is 0 Å². The quantitative estimate of drug-likeness (QED) is 0.765. The summed E-state index contributed by atoms with van der Waals surface area (Å²) >= 11 is 0. The molecule has 10 heteroatoms. The number of nitrogens with zero attached hydrogens (tertiary/aromatic N) is 1. The molecule has 1 N–H and O–H groups in total. The van der Waals surface area contributed by atoms with Gasteiger partial charge in [-0.15, -0.1) is 0 Å². The molecule has 28 heavy (non-hydrogen) atoms. The largest absolute Gasteiger partial charge is 0.416 e. The van der Waals surface area contributed by atoms with Gasteiger partial charge >= 0.3 is 6.18 Å². The van der Waals surface area contributed by atoms with Gasteiger partial charge in [0.15, 0.2) is 5.67 Å². The number of nitrogens with one attached hydrogen (secondary N) is 1. The van der Waals surface area contributed by atoms with Crippen LogP contribution in [0.2, 0.25) is 0 Å². The number of hydrogen-bond donors (Lipinski definition) is 1. The lowest BCUT2D eigenvalue weighted by Gasteiger charge is -2.24. The van der Waals surface area contributed by atoms with Crippen molar-refractivity contribution in [3.05, 3.63) is 59.4 Å². The first-order valence-electron chi connectivity index (χ1n) is 8.31. The van der Waals surface area contributed by atoms with Gasteiger partial charge in [-0.25, -0.2) is 21.9 Å². The van der Waals surface area contributed by atoms with Gasteiger partial charge in [-0.1, -0.05) is 12.1 Å². The van der Waals surface area contributed by atoms with Crippen LogP contribution >= 0.6 is 0 Å². The van der Waals surface area contributed by atoms with E-state index in [1.54, 1.807) is 0 Å². The van der Waals surface area contributed by atoms with Gasteiger partial charge in [0, 0.05) is 13.0 Å². The fourth-order valence-corrected chi connectivity index (χ4v) is 3.96. The Balaban J connectivity index is 1.88. The third-order valence-electron chi connectivity index (χ3n) is 4.77. The molecule has 152 valence electrons. The molecule has 0 aliphatic carbocycles. The van der Waals surface area contributed by atoms with E-state index in [0.29, 0.717) is 0 Å². The van der Waals surface area contributed by atoms with Crippen molar-refractivity contribution in [2.75, 3.05) is 25.0 Å². The van der Waals surface area contributed by atoms with Crippen molar-refractivity contribution in [2.45, 2.75) is 23.2 Å². The molecule has 1 aliphatic heterocycles. The number of hydrogen-bond acceptors (Lipinski definition) is 3. The average molecular weight is 420 g/mol. The number of alkyl halides is 4. The molecule has 1 unspecified atom stereocenters. The molecule has 1 atom stereocenters. The van der Waals surface area contributed by atoms with E-state index in [4.69, 9.17) is 0 Å². The van der Waals surface area contributed by atoms with Crippen LogP contribution in [0.5, 0.6) is 0 Å².